The molecule has 0 saturated carbocycles. The summed E-state index contributed by atoms with van der Waals surface area (Å²) in [6.45, 7) is 14.2. The molecule has 126 valence electrons. The van der Waals surface area contributed by atoms with E-state index in [-0.39, 0.29) is 12.1 Å². The Morgan fingerprint density at radius 2 is 1.05 bits per heavy atom. The molecule has 2 rings (SSSR count). The Hall–Kier alpha value is -1.14. The predicted octanol–water partition coefficient (Wildman–Crippen LogP) is 0.0884. The van der Waals surface area contributed by atoms with Crippen LogP contribution in [-0.2, 0) is 9.59 Å². The van der Waals surface area contributed by atoms with Crippen LogP contribution in [0.25, 0.3) is 0 Å². The lowest BCUT2D eigenvalue weighted by Gasteiger charge is -2.46. The molecule has 2 heterocycles. The smallest absolute Gasteiger partial charge is 0.210 e. The van der Waals surface area contributed by atoms with E-state index in [4.69, 9.17) is 0 Å². The first kappa shape index (κ1) is 17.2. The Balaban J connectivity index is 1.85. The molecule has 2 fully saturated rings. The van der Waals surface area contributed by atoms with E-state index in [0.29, 0.717) is 12.1 Å². The maximum Gasteiger partial charge on any atom is 0.210 e. The molecule has 0 unspecified atom stereocenters. The molecular weight excluding hydrogens is 280 g/mol. The third-order valence-corrected chi connectivity index (χ3v) is 5.27. The topological polar surface area (TPSA) is 47.1 Å². The summed E-state index contributed by atoms with van der Waals surface area (Å²) in [4.78, 5) is 30.8. The van der Waals surface area contributed by atoms with Crippen molar-refractivity contribution in [3.63, 3.8) is 0 Å². The number of amides is 2. The predicted molar refractivity (Wildman–Crippen MR) is 86.5 cm³/mol. The standard InChI is InChI=1S/C16H30N4O2/c1-13-9-19(11-21)15(3)7-17(13)5-6-18-8-16(4)20(12-22)10-14(18)2/h11-16H,5-10H2,1-4H3/t13-,14+,15-,16-/m0/s1. The number of nitrogens with zero attached hydrogens (tertiary/aromatic N) is 4. The molecule has 6 nitrogen and oxygen atoms in total. The maximum absolute atomic E-state index is 11.0. The summed E-state index contributed by atoms with van der Waals surface area (Å²) in [5.41, 5.74) is 0. The highest BCUT2D eigenvalue weighted by Gasteiger charge is 2.31. The molecule has 2 amide bonds. The van der Waals surface area contributed by atoms with E-state index in [1.54, 1.807) is 0 Å². The fourth-order valence-corrected chi connectivity index (χ4v) is 3.62. The number of hydrogen-bond acceptors (Lipinski definition) is 4. The molecular formula is C16H30N4O2. The SMILES string of the molecule is C[C@@H]1CN(C=O)[C@@H](C)CN1CCN1C[C@H](C)N(C=O)C[C@@H]1C. The zero-order valence-electron chi connectivity index (χ0n) is 14.3. The monoisotopic (exact) mass is 310 g/mol. The summed E-state index contributed by atoms with van der Waals surface area (Å²) in [5, 5.41) is 0. The van der Waals surface area contributed by atoms with Crippen LogP contribution < -0.4 is 0 Å². The van der Waals surface area contributed by atoms with Gasteiger partial charge in [-0.1, -0.05) is 0 Å². The van der Waals surface area contributed by atoms with Gasteiger partial charge in [-0.05, 0) is 27.7 Å². The molecule has 0 radical (unpaired) electrons. The minimum Gasteiger partial charge on any atom is -0.340 e. The Bertz CT molecular complexity index is 356. The van der Waals surface area contributed by atoms with Crippen LogP contribution in [0.4, 0.5) is 0 Å². The van der Waals surface area contributed by atoms with Crippen molar-refractivity contribution in [3.05, 3.63) is 0 Å². The number of carbonyl (C=O) groups excluding carboxylic acids is 2. The first-order valence-corrected chi connectivity index (χ1v) is 8.36. The molecule has 0 aromatic carbocycles. The van der Waals surface area contributed by atoms with Crippen LogP contribution in [0.2, 0.25) is 0 Å². The van der Waals surface area contributed by atoms with Gasteiger partial charge >= 0.3 is 0 Å². The summed E-state index contributed by atoms with van der Waals surface area (Å²) in [6, 6.07) is 1.39. The Kier molecular flexibility index (Phi) is 5.81. The van der Waals surface area contributed by atoms with Gasteiger partial charge in [-0.25, -0.2) is 0 Å². The number of rotatable bonds is 5. The van der Waals surface area contributed by atoms with E-state index in [2.05, 4.69) is 37.5 Å². The van der Waals surface area contributed by atoms with E-state index in [1.165, 1.54) is 0 Å². The normalized spacial score (nSPS) is 34.7. The van der Waals surface area contributed by atoms with Gasteiger partial charge in [0.2, 0.25) is 12.8 Å². The molecule has 0 aliphatic carbocycles. The van der Waals surface area contributed by atoms with Crippen LogP contribution in [0, 0.1) is 0 Å². The lowest BCUT2D eigenvalue weighted by Crippen LogP contribution is -2.59. The van der Waals surface area contributed by atoms with E-state index < -0.39 is 0 Å². The van der Waals surface area contributed by atoms with Crippen molar-refractivity contribution in [2.45, 2.75) is 51.9 Å². The zero-order chi connectivity index (χ0) is 16.3. The lowest BCUT2D eigenvalue weighted by atomic mass is 10.1. The molecule has 0 bridgehead atoms. The fraction of sp³-hybridized carbons (Fsp3) is 0.875. The van der Waals surface area contributed by atoms with Crippen LogP contribution >= 0.6 is 0 Å². The fourth-order valence-electron chi connectivity index (χ4n) is 3.62. The highest BCUT2D eigenvalue weighted by Crippen LogP contribution is 2.16. The van der Waals surface area contributed by atoms with Gasteiger partial charge in [-0.15, -0.1) is 0 Å². The third-order valence-electron chi connectivity index (χ3n) is 5.27. The first-order valence-electron chi connectivity index (χ1n) is 8.36. The second kappa shape index (κ2) is 7.42. The summed E-state index contributed by atoms with van der Waals surface area (Å²) in [7, 11) is 0. The summed E-state index contributed by atoms with van der Waals surface area (Å²) < 4.78 is 0. The van der Waals surface area contributed by atoms with Crippen molar-refractivity contribution >= 4 is 12.8 Å². The van der Waals surface area contributed by atoms with Gasteiger partial charge in [0, 0.05) is 63.4 Å². The van der Waals surface area contributed by atoms with Gasteiger partial charge in [0.25, 0.3) is 0 Å². The molecule has 0 spiro atoms. The lowest BCUT2D eigenvalue weighted by molar-refractivity contribution is -0.125. The molecule has 0 aromatic rings. The van der Waals surface area contributed by atoms with Crippen molar-refractivity contribution in [2.75, 3.05) is 39.3 Å². The molecule has 2 aliphatic rings. The van der Waals surface area contributed by atoms with Crippen LogP contribution in [0.5, 0.6) is 0 Å². The second-order valence-electron chi connectivity index (χ2n) is 6.99. The van der Waals surface area contributed by atoms with E-state index in [9.17, 15) is 9.59 Å². The van der Waals surface area contributed by atoms with Crippen molar-refractivity contribution in [2.24, 2.45) is 0 Å². The largest absolute Gasteiger partial charge is 0.340 e. The first-order chi connectivity index (χ1) is 10.5. The van der Waals surface area contributed by atoms with Crippen molar-refractivity contribution in [1.82, 2.24) is 19.6 Å². The second-order valence-corrected chi connectivity index (χ2v) is 6.99. The summed E-state index contributed by atoms with van der Waals surface area (Å²) in [6.07, 6.45) is 1.95. The van der Waals surface area contributed by atoms with Gasteiger partial charge in [0.1, 0.15) is 0 Å². The number of carbonyl (C=O) groups is 2. The minimum absolute atomic E-state index is 0.289. The summed E-state index contributed by atoms with van der Waals surface area (Å²) in [5.74, 6) is 0. The van der Waals surface area contributed by atoms with Gasteiger partial charge in [-0.2, -0.15) is 0 Å². The Labute approximate surface area is 134 Å². The summed E-state index contributed by atoms with van der Waals surface area (Å²) >= 11 is 0. The molecule has 0 aromatic heterocycles. The van der Waals surface area contributed by atoms with Crippen LogP contribution in [0.3, 0.4) is 0 Å². The van der Waals surface area contributed by atoms with Gasteiger partial charge in [0.15, 0.2) is 0 Å². The molecule has 2 saturated heterocycles. The van der Waals surface area contributed by atoms with Gasteiger partial charge in [-0.3, -0.25) is 19.4 Å². The van der Waals surface area contributed by atoms with Crippen LogP contribution in [-0.4, -0.2) is 95.9 Å². The van der Waals surface area contributed by atoms with Crippen LogP contribution in [0.15, 0.2) is 0 Å². The number of hydrogen-bond donors (Lipinski definition) is 0. The van der Waals surface area contributed by atoms with Crippen molar-refractivity contribution < 1.29 is 9.59 Å². The molecule has 2 aliphatic heterocycles. The maximum atomic E-state index is 11.0. The molecule has 22 heavy (non-hydrogen) atoms. The Morgan fingerprint density at radius 3 is 1.36 bits per heavy atom. The molecule has 4 atom stereocenters. The average Bonchev–Trinajstić information content (AvgIpc) is 2.50. The highest BCUT2D eigenvalue weighted by molar-refractivity contribution is 5.48. The Morgan fingerprint density at radius 1 is 0.682 bits per heavy atom. The number of piperazine rings is 2. The van der Waals surface area contributed by atoms with Crippen LogP contribution in [0.1, 0.15) is 27.7 Å². The van der Waals surface area contributed by atoms with E-state index in [1.807, 2.05) is 9.80 Å². The van der Waals surface area contributed by atoms with E-state index in [0.717, 1.165) is 52.1 Å². The highest BCUT2D eigenvalue weighted by atomic mass is 16.1. The molecule has 6 heteroatoms. The quantitative estimate of drug-likeness (QED) is 0.675. The van der Waals surface area contributed by atoms with Crippen molar-refractivity contribution in [3.8, 4) is 0 Å². The third kappa shape index (κ3) is 3.79. The molecule has 0 N–H and O–H groups in total. The van der Waals surface area contributed by atoms with E-state index >= 15 is 0 Å². The average molecular weight is 310 g/mol. The zero-order valence-corrected chi connectivity index (χ0v) is 14.3. The van der Waals surface area contributed by atoms with Gasteiger partial charge < -0.3 is 9.80 Å². The van der Waals surface area contributed by atoms with Crippen molar-refractivity contribution in [1.29, 1.82) is 0 Å². The van der Waals surface area contributed by atoms with Gasteiger partial charge in [0.05, 0.1) is 0 Å². The minimum atomic E-state index is 0.289.